The highest BCUT2D eigenvalue weighted by atomic mass is 16.3. The Morgan fingerprint density at radius 3 is 1.42 bits per heavy atom. The zero-order chi connectivity index (χ0) is 33.1. The average Bonchev–Trinajstić information content (AvgIpc) is 3.65. The third-order valence-electron chi connectivity index (χ3n) is 11.4. The molecule has 0 fully saturated rings. The fraction of sp³-hybridized carbons (Fsp3) is 0.0612. The van der Waals surface area contributed by atoms with E-state index in [-0.39, 0.29) is 5.41 Å². The van der Waals surface area contributed by atoms with Crippen LogP contribution in [0.5, 0.6) is 0 Å². The van der Waals surface area contributed by atoms with Gasteiger partial charge < -0.3 is 4.42 Å². The summed E-state index contributed by atoms with van der Waals surface area (Å²) in [6.07, 6.45) is 0. The van der Waals surface area contributed by atoms with E-state index in [1.54, 1.807) is 0 Å². The van der Waals surface area contributed by atoms with Gasteiger partial charge >= 0.3 is 0 Å². The number of furan rings is 1. The van der Waals surface area contributed by atoms with Gasteiger partial charge in [0.05, 0.1) is 0 Å². The van der Waals surface area contributed by atoms with Gasteiger partial charge in [-0.05, 0) is 112 Å². The summed E-state index contributed by atoms with van der Waals surface area (Å²) in [5.74, 6) is 0. The Balaban J connectivity index is 1.21. The van der Waals surface area contributed by atoms with Crippen molar-refractivity contribution >= 4 is 65.0 Å². The van der Waals surface area contributed by atoms with Crippen LogP contribution in [-0.4, -0.2) is 0 Å². The zero-order valence-corrected chi connectivity index (χ0v) is 27.9. The summed E-state index contributed by atoms with van der Waals surface area (Å²) in [5.41, 5.74) is 12.3. The predicted octanol–water partition coefficient (Wildman–Crippen LogP) is 13.8. The molecule has 0 N–H and O–H groups in total. The third kappa shape index (κ3) is 3.62. The number of hydrogen-bond donors (Lipinski definition) is 0. The van der Waals surface area contributed by atoms with Crippen LogP contribution in [0.3, 0.4) is 0 Å². The van der Waals surface area contributed by atoms with Gasteiger partial charge in [-0.2, -0.15) is 0 Å². The van der Waals surface area contributed by atoms with E-state index in [1.807, 2.05) is 6.07 Å². The predicted molar refractivity (Wildman–Crippen MR) is 212 cm³/mol. The SMILES string of the molecule is CC1(C)c2ccc(-c3c4ccccc4c(-c4ccc5oc6ccccc6c5c4)c4ccccc34)cc2-c2c1c1ccccc1c1ccccc21. The van der Waals surface area contributed by atoms with Gasteiger partial charge in [0, 0.05) is 16.2 Å². The molecule has 1 heteroatoms. The van der Waals surface area contributed by atoms with Gasteiger partial charge in [-0.15, -0.1) is 0 Å². The van der Waals surface area contributed by atoms with Crippen molar-refractivity contribution in [3.05, 3.63) is 169 Å². The molecule has 0 radical (unpaired) electrons. The van der Waals surface area contributed by atoms with E-state index >= 15 is 0 Å². The molecule has 0 unspecified atom stereocenters. The van der Waals surface area contributed by atoms with Crippen molar-refractivity contribution in [1.29, 1.82) is 0 Å². The highest BCUT2D eigenvalue weighted by Crippen LogP contribution is 2.56. The number of benzene rings is 9. The minimum atomic E-state index is -0.128. The smallest absolute Gasteiger partial charge is 0.135 e. The summed E-state index contributed by atoms with van der Waals surface area (Å²) < 4.78 is 6.22. The van der Waals surface area contributed by atoms with Crippen LogP contribution < -0.4 is 0 Å². The molecule has 1 aromatic heterocycles. The van der Waals surface area contributed by atoms with Crippen LogP contribution in [-0.2, 0) is 5.41 Å². The van der Waals surface area contributed by atoms with E-state index in [9.17, 15) is 0 Å². The molecule has 1 heterocycles. The van der Waals surface area contributed by atoms with E-state index in [0.29, 0.717) is 0 Å². The molecule has 0 bridgehead atoms. The highest BCUT2D eigenvalue weighted by Gasteiger charge is 2.38. The molecule has 10 aromatic rings. The number of para-hydroxylation sites is 1. The fourth-order valence-electron chi connectivity index (χ4n) is 9.29. The minimum Gasteiger partial charge on any atom is -0.456 e. The van der Waals surface area contributed by atoms with E-state index in [4.69, 9.17) is 4.42 Å². The summed E-state index contributed by atoms with van der Waals surface area (Å²) in [7, 11) is 0. The van der Waals surface area contributed by atoms with Gasteiger partial charge in [0.15, 0.2) is 0 Å². The summed E-state index contributed by atoms with van der Waals surface area (Å²) in [6, 6.07) is 58.1. The first-order valence-corrected chi connectivity index (χ1v) is 17.5. The quantitative estimate of drug-likeness (QED) is 0.136. The second-order valence-electron chi connectivity index (χ2n) is 14.4. The van der Waals surface area contributed by atoms with Crippen molar-refractivity contribution in [2.75, 3.05) is 0 Å². The summed E-state index contributed by atoms with van der Waals surface area (Å²) in [6.45, 7) is 4.80. The lowest BCUT2D eigenvalue weighted by Gasteiger charge is -2.24. The van der Waals surface area contributed by atoms with E-state index in [1.165, 1.54) is 87.6 Å². The normalized spacial score (nSPS) is 13.6. The van der Waals surface area contributed by atoms with Crippen molar-refractivity contribution in [1.82, 2.24) is 0 Å². The lowest BCUT2D eigenvalue weighted by Crippen LogP contribution is -2.15. The fourth-order valence-corrected chi connectivity index (χ4v) is 9.29. The topological polar surface area (TPSA) is 13.1 Å². The number of rotatable bonds is 2. The van der Waals surface area contributed by atoms with Crippen LogP contribution in [0.25, 0.3) is 98.4 Å². The van der Waals surface area contributed by atoms with Crippen molar-refractivity contribution in [3.63, 3.8) is 0 Å². The molecular formula is C49H32O. The monoisotopic (exact) mass is 636 g/mol. The molecule has 50 heavy (non-hydrogen) atoms. The zero-order valence-electron chi connectivity index (χ0n) is 27.9. The third-order valence-corrected chi connectivity index (χ3v) is 11.4. The molecule has 11 rings (SSSR count). The molecule has 1 nitrogen and oxygen atoms in total. The summed E-state index contributed by atoms with van der Waals surface area (Å²) in [5, 5.41) is 12.7. The van der Waals surface area contributed by atoms with Crippen LogP contribution in [0.1, 0.15) is 25.0 Å². The Hall–Kier alpha value is -6.18. The molecular weight excluding hydrogens is 605 g/mol. The Labute approximate surface area is 290 Å². The maximum absolute atomic E-state index is 6.22. The standard InChI is InChI=1S/C49H32O/c1-49(2)42-25-23-29(28-41(42)47-34-16-5-3-13-31(34)32-14-4-10-21-39(32)48(47)49)45-35-17-6-8-19-37(35)46(38-20-9-7-18-36(38)45)30-24-26-44-40(27-30)33-15-11-12-22-43(33)50-44/h3-28H,1-2H3. The summed E-state index contributed by atoms with van der Waals surface area (Å²) in [4.78, 5) is 0. The Bertz CT molecular complexity index is 3010. The van der Waals surface area contributed by atoms with E-state index in [2.05, 4.69) is 166 Å². The maximum Gasteiger partial charge on any atom is 0.135 e. The van der Waals surface area contributed by atoms with E-state index < -0.39 is 0 Å². The van der Waals surface area contributed by atoms with Gasteiger partial charge in [0.2, 0.25) is 0 Å². The van der Waals surface area contributed by atoms with Crippen molar-refractivity contribution in [2.45, 2.75) is 19.3 Å². The van der Waals surface area contributed by atoms with Crippen LogP contribution in [0.15, 0.2) is 162 Å². The summed E-state index contributed by atoms with van der Waals surface area (Å²) >= 11 is 0. The van der Waals surface area contributed by atoms with Crippen LogP contribution in [0.4, 0.5) is 0 Å². The highest BCUT2D eigenvalue weighted by molar-refractivity contribution is 6.23. The number of fused-ring (bicyclic) bond motifs is 13. The van der Waals surface area contributed by atoms with Crippen molar-refractivity contribution in [2.24, 2.45) is 0 Å². The molecule has 0 aliphatic heterocycles. The van der Waals surface area contributed by atoms with Crippen LogP contribution >= 0.6 is 0 Å². The Morgan fingerprint density at radius 2 is 0.800 bits per heavy atom. The molecule has 0 saturated carbocycles. The van der Waals surface area contributed by atoms with Crippen LogP contribution in [0.2, 0.25) is 0 Å². The molecule has 234 valence electrons. The molecule has 0 amide bonds. The Kier molecular flexibility index (Phi) is 5.51. The molecule has 0 atom stereocenters. The van der Waals surface area contributed by atoms with Gasteiger partial charge in [-0.1, -0.05) is 147 Å². The lowest BCUT2D eigenvalue weighted by molar-refractivity contribution is 0.666. The maximum atomic E-state index is 6.22. The first kappa shape index (κ1) is 27.7. The molecule has 0 spiro atoms. The molecule has 1 aliphatic carbocycles. The molecule has 1 aliphatic rings. The first-order chi connectivity index (χ1) is 24.6. The second kappa shape index (κ2) is 9.94. The van der Waals surface area contributed by atoms with Gasteiger partial charge in [-0.3, -0.25) is 0 Å². The van der Waals surface area contributed by atoms with Gasteiger partial charge in [0.1, 0.15) is 11.2 Å². The van der Waals surface area contributed by atoms with Gasteiger partial charge in [0.25, 0.3) is 0 Å². The lowest BCUT2D eigenvalue weighted by atomic mass is 9.79. The molecule has 9 aromatic carbocycles. The second-order valence-corrected chi connectivity index (χ2v) is 14.4. The van der Waals surface area contributed by atoms with Crippen molar-refractivity contribution < 1.29 is 4.42 Å². The average molecular weight is 637 g/mol. The minimum absolute atomic E-state index is 0.128. The number of hydrogen-bond acceptors (Lipinski definition) is 1. The Morgan fingerprint density at radius 1 is 0.360 bits per heavy atom. The van der Waals surface area contributed by atoms with Crippen LogP contribution in [0, 0.1) is 0 Å². The van der Waals surface area contributed by atoms with E-state index in [0.717, 1.165) is 21.9 Å². The van der Waals surface area contributed by atoms with Crippen molar-refractivity contribution in [3.8, 4) is 33.4 Å². The first-order valence-electron chi connectivity index (χ1n) is 17.5. The van der Waals surface area contributed by atoms with Gasteiger partial charge in [-0.25, -0.2) is 0 Å². The largest absolute Gasteiger partial charge is 0.456 e. The molecule has 0 saturated heterocycles.